The van der Waals surface area contributed by atoms with Gasteiger partial charge >= 0.3 is 0 Å². The van der Waals surface area contributed by atoms with E-state index in [2.05, 4.69) is 4.90 Å². The Bertz CT molecular complexity index is 1250. The van der Waals surface area contributed by atoms with Crippen LogP contribution in [-0.4, -0.2) is 69.8 Å². The topological polar surface area (TPSA) is 86.4 Å². The van der Waals surface area contributed by atoms with E-state index in [-0.39, 0.29) is 36.1 Å². The van der Waals surface area contributed by atoms with E-state index in [9.17, 15) is 15.0 Å². The average molecular weight is 511 g/mol. The lowest BCUT2D eigenvalue weighted by Gasteiger charge is -2.62. The molecule has 1 saturated carbocycles. The van der Waals surface area contributed by atoms with Crippen LogP contribution in [-0.2, 0) is 16.6 Å². The Kier molecular flexibility index (Phi) is 5.34. The number of ether oxygens (including phenoxy) is 1. The first-order valence-corrected chi connectivity index (χ1v) is 12.6. The fraction of sp³-hybridized carbons (Fsp3) is 0.464. The van der Waals surface area contributed by atoms with Gasteiger partial charge in [0, 0.05) is 36.8 Å². The SMILES string of the molecule is CN(C(=O)/C=C/c1ccoc1)C1C=C[C@@]2(O)[C@H]3Cc4ccc(O)c5c4[C@@]2(CCN3CC2CC2)C1O5.Cl. The predicted octanol–water partition coefficient (Wildman–Crippen LogP) is 3.29. The normalized spacial score (nSPS) is 33.7. The molecular formula is C28H31ClN2O5. The van der Waals surface area contributed by atoms with Crippen LogP contribution in [0.5, 0.6) is 11.5 Å². The first-order valence-electron chi connectivity index (χ1n) is 12.6. The summed E-state index contributed by atoms with van der Waals surface area (Å²) >= 11 is 0. The standard InChI is InChI=1S/C28H30N2O5.ClH/c1-29(23(32)7-4-18-9-13-34-16-18)20-8-10-28(33)22-14-19-5-6-21(31)25-24(19)27(28,26(20)35-25)11-12-30(22)15-17-2-3-17;/h4-10,13,16-17,20,22,26,31,33H,2-3,11-12,14-15H2,1H3;1H/b7-4+;/t20?,22-,26?,27+,28-;/m1./s1. The fourth-order valence-corrected chi connectivity index (χ4v) is 7.15. The molecule has 2 bridgehead atoms. The molecule has 0 radical (unpaired) electrons. The van der Waals surface area contributed by atoms with Gasteiger partial charge < -0.3 is 24.3 Å². The number of likely N-dealkylation sites (N-methyl/N-ethyl adjacent to an activating group) is 1. The van der Waals surface area contributed by atoms with Crippen LogP contribution in [0.25, 0.3) is 6.08 Å². The summed E-state index contributed by atoms with van der Waals surface area (Å²) in [7, 11) is 1.77. The number of hydrogen-bond acceptors (Lipinski definition) is 6. The smallest absolute Gasteiger partial charge is 0.246 e. The van der Waals surface area contributed by atoms with Crippen LogP contribution in [0.15, 0.2) is 53.4 Å². The average Bonchev–Trinajstić information content (AvgIpc) is 3.36. The van der Waals surface area contributed by atoms with E-state index in [0.717, 1.165) is 42.1 Å². The van der Waals surface area contributed by atoms with Crippen molar-refractivity contribution in [3.63, 3.8) is 0 Å². The maximum absolute atomic E-state index is 13.2. The van der Waals surface area contributed by atoms with E-state index in [0.29, 0.717) is 12.2 Å². The monoisotopic (exact) mass is 510 g/mol. The Morgan fingerprint density at radius 1 is 1.31 bits per heavy atom. The van der Waals surface area contributed by atoms with Crippen molar-refractivity contribution < 1.29 is 24.2 Å². The number of phenolic OH excluding ortho intramolecular Hbond substituents is 1. The van der Waals surface area contributed by atoms with Crippen LogP contribution < -0.4 is 4.74 Å². The highest BCUT2D eigenvalue weighted by Gasteiger charge is 2.72. The number of carbonyl (C=O) groups excluding carboxylic acids is 1. The van der Waals surface area contributed by atoms with Crippen LogP contribution in [0.2, 0.25) is 0 Å². The van der Waals surface area contributed by atoms with Crippen LogP contribution in [0, 0.1) is 5.92 Å². The van der Waals surface area contributed by atoms with Crippen molar-refractivity contribution in [3.05, 3.63) is 65.6 Å². The third-order valence-corrected chi connectivity index (χ3v) is 9.07. The molecule has 2 unspecified atom stereocenters. The minimum Gasteiger partial charge on any atom is -0.504 e. The summed E-state index contributed by atoms with van der Waals surface area (Å²) in [6.45, 7) is 1.89. The van der Waals surface area contributed by atoms with E-state index in [1.165, 1.54) is 18.9 Å². The summed E-state index contributed by atoms with van der Waals surface area (Å²) in [5.41, 5.74) is 1.07. The minimum atomic E-state index is -1.12. The first kappa shape index (κ1) is 23.6. The van der Waals surface area contributed by atoms with Gasteiger partial charge in [-0.15, -0.1) is 12.4 Å². The number of likely N-dealkylation sites (tertiary alicyclic amines) is 1. The molecule has 1 spiro atoms. The van der Waals surface area contributed by atoms with Gasteiger partial charge in [0.1, 0.15) is 11.7 Å². The Morgan fingerprint density at radius 2 is 2.14 bits per heavy atom. The molecule has 1 saturated heterocycles. The molecule has 2 aromatic rings. The maximum Gasteiger partial charge on any atom is 0.246 e. The second kappa shape index (κ2) is 8.13. The number of phenols is 1. The van der Waals surface area contributed by atoms with Crippen LogP contribution in [0.4, 0.5) is 0 Å². The lowest BCUT2D eigenvalue weighted by atomic mass is 9.50. The van der Waals surface area contributed by atoms with Gasteiger partial charge in [0.2, 0.25) is 5.91 Å². The van der Waals surface area contributed by atoms with Gasteiger partial charge in [-0.05, 0) is 61.9 Å². The predicted molar refractivity (Wildman–Crippen MR) is 136 cm³/mol. The van der Waals surface area contributed by atoms with Gasteiger partial charge in [0.05, 0.1) is 24.0 Å². The zero-order chi connectivity index (χ0) is 23.9. The van der Waals surface area contributed by atoms with E-state index >= 15 is 0 Å². The van der Waals surface area contributed by atoms with Gasteiger partial charge in [-0.1, -0.05) is 18.2 Å². The molecule has 2 fully saturated rings. The second-order valence-electron chi connectivity index (χ2n) is 10.9. The van der Waals surface area contributed by atoms with Crippen molar-refractivity contribution in [2.45, 2.75) is 54.9 Å². The molecule has 8 heteroatoms. The lowest BCUT2D eigenvalue weighted by Crippen LogP contribution is -2.76. The molecule has 7 rings (SSSR count). The molecule has 3 heterocycles. The zero-order valence-corrected chi connectivity index (χ0v) is 21.0. The van der Waals surface area contributed by atoms with E-state index in [1.54, 1.807) is 42.7 Å². The van der Waals surface area contributed by atoms with E-state index < -0.39 is 17.1 Å². The number of carbonyl (C=O) groups is 1. The minimum absolute atomic E-state index is 0. The highest BCUT2D eigenvalue weighted by atomic mass is 35.5. The molecule has 190 valence electrons. The Balaban J connectivity index is 0.00000240. The third kappa shape index (κ3) is 3.09. The van der Waals surface area contributed by atoms with Crippen molar-refractivity contribution in [3.8, 4) is 11.5 Å². The zero-order valence-electron chi connectivity index (χ0n) is 20.2. The molecule has 5 atom stereocenters. The number of halogens is 1. The molecule has 2 aliphatic heterocycles. The summed E-state index contributed by atoms with van der Waals surface area (Å²) in [5.74, 6) is 1.14. The number of rotatable bonds is 5. The Hall–Kier alpha value is -2.74. The second-order valence-corrected chi connectivity index (χ2v) is 10.9. The molecule has 7 nitrogen and oxygen atoms in total. The van der Waals surface area contributed by atoms with E-state index in [1.807, 2.05) is 18.2 Å². The molecule has 36 heavy (non-hydrogen) atoms. The largest absolute Gasteiger partial charge is 0.504 e. The lowest BCUT2D eigenvalue weighted by molar-refractivity contribution is -0.154. The van der Waals surface area contributed by atoms with Gasteiger partial charge in [0.15, 0.2) is 11.5 Å². The third-order valence-electron chi connectivity index (χ3n) is 9.07. The number of nitrogens with zero attached hydrogens (tertiary/aromatic N) is 2. The van der Waals surface area contributed by atoms with E-state index in [4.69, 9.17) is 9.15 Å². The highest BCUT2D eigenvalue weighted by molar-refractivity contribution is 5.92. The number of hydrogen-bond donors (Lipinski definition) is 2. The molecule has 5 aliphatic rings. The summed E-state index contributed by atoms with van der Waals surface area (Å²) in [6, 6.07) is 5.06. The number of piperidine rings is 1. The number of furan rings is 1. The van der Waals surface area contributed by atoms with Crippen molar-refractivity contribution >= 4 is 24.4 Å². The maximum atomic E-state index is 13.2. The van der Waals surface area contributed by atoms with Gasteiger partial charge in [-0.2, -0.15) is 0 Å². The van der Waals surface area contributed by atoms with Crippen LogP contribution in [0.1, 0.15) is 36.0 Å². The quantitative estimate of drug-likeness (QED) is 0.474. The van der Waals surface area contributed by atoms with Gasteiger partial charge in [-0.25, -0.2) is 0 Å². The molecule has 3 aliphatic carbocycles. The Morgan fingerprint density at radius 3 is 2.89 bits per heavy atom. The highest BCUT2D eigenvalue weighted by Crippen LogP contribution is 2.64. The first-order chi connectivity index (χ1) is 16.9. The number of benzene rings is 1. The molecule has 1 aromatic heterocycles. The molecular weight excluding hydrogens is 480 g/mol. The van der Waals surface area contributed by atoms with Crippen molar-refractivity contribution in [2.75, 3.05) is 20.1 Å². The van der Waals surface area contributed by atoms with Crippen molar-refractivity contribution in [2.24, 2.45) is 5.92 Å². The number of aromatic hydroxyl groups is 1. The summed E-state index contributed by atoms with van der Waals surface area (Å²) in [5, 5.41) is 23.2. The van der Waals surface area contributed by atoms with Crippen LogP contribution in [0.3, 0.4) is 0 Å². The Labute approximate surface area is 216 Å². The molecule has 1 amide bonds. The summed E-state index contributed by atoms with van der Waals surface area (Å²) in [6.07, 6.45) is 13.8. The van der Waals surface area contributed by atoms with Crippen LogP contribution >= 0.6 is 12.4 Å². The number of aliphatic hydroxyl groups is 1. The fourth-order valence-electron chi connectivity index (χ4n) is 7.15. The van der Waals surface area contributed by atoms with Gasteiger partial charge in [0.25, 0.3) is 0 Å². The molecule has 2 N–H and O–H groups in total. The summed E-state index contributed by atoms with van der Waals surface area (Å²) in [4.78, 5) is 17.3. The molecule has 1 aromatic carbocycles. The number of amides is 1. The van der Waals surface area contributed by atoms with Gasteiger partial charge in [-0.3, -0.25) is 9.69 Å². The van der Waals surface area contributed by atoms with Crippen molar-refractivity contribution in [1.29, 1.82) is 0 Å². The summed E-state index contributed by atoms with van der Waals surface area (Å²) < 4.78 is 11.6. The van der Waals surface area contributed by atoms with Crippen molar-refractivity contribution in [1.82, 2.24) is 9.80 Å².